The van der Waals surface area contributed by atoms with Crippen molar-refractivity contribution in [3.63, 3.8) is 0 Å². The van der Waals surface area contributed by atoms with Crippen LogP contribution in [0.1, 0.15) is 15.9 Å². The first-order valence-corrected chi connectivity index (χ1v) is 9.28. The van der Waals surface area contributed by atoms with Gasteiger partial charge in [0.05, 0.1) is 6.54 Å². The second kappa shape index (κ2) is 7.81. The van der Waals surface area contributed by atoms with Crippen LogP contribution in [-0.4, -0.2) is 48.3 Å². The van der Waals surface area contributed by atoms with E-state index in [0.29, 0.717) is 6.54 Å². The summed E-state index contributed by atoms with van der Waals surface area (Å²) in [4.78, 5) is 17.4. The molecule has 26 heavy (non-hydrogen) atoms. The number of Topliss-reactive ketones (excluding diaryl/α,β-unsaturated/α-hetero) is 1. The molecule has 0 aliphatic carbocycles. The molecule has 3 aromatic carbocycles. The summed E-state index contributed by atoms with van der Waals surface area (Å²) in [5.74, 6) is 0.215. The number of carbonyl (C=O) groups excluding carboxylic acids is 1. The molecule has 1 heterocycles. The SMILES string of the molecule is O=C(CN1CCN(Cc2ccccc2)CC1)c1ccc2ccccc2c1. The summed E-state index contributed by atoms with van der Waals surface area (Å²) in [5.41, 5.74) is 2.17. The molecule has 132 valence electrons. The normalized spacial score (nSPS) is 16.0. The molecule has 0 spiro atoms. The van der Waals surface area contributed by atoms with Gasteiger partial charge in [0, 0.05) is 38.3 Å². The Morgan fingerprint density at radius 1 is 0.731 bits per heavy atom. The smallest absolute Gasteiger partial charge is 0.176 e. The van der Waals surface area contributed by atoms with Crippen molar-refractivity contribution in [3.8, 4) is 0 Å². The van der Waals surface area contributed by atoms with E-state index in [2.05, 4.69) is 52.3 Å². The van der Waals surface area contributed by atoms with E-state index < -0.39 is 0 Å². The maximum absolute atomic E-state index is 12.7. The molecule has 1 saturated heterocycles. The molecule has 0 amide bonds. The number of hydrogen-bond acceptors (Lipinski definition) is 3. The number of ketones is 1. The van der Waals surface area contributed by atoms with Crippen molar-refractivity contribution in [2.45, 2.75) is 6.54 Å². The molecule has 3 aromatic rings. The van der Waals surface area contributed by atoms with Crippen molar-refractivity contribution in [1.29, 1.82) is 0 Å². The molecule has 0 unspecified atom stereocenters. The van der Waals surface area contributed by atoms with Gasteiger partial charge in [-0.25, -0.2) is 0 Å². The van der Waals surface area contributed by atoms with Crippen LogP contribution in [0.5, 0.6) is 0 Å². The Hall–Kier alpha value is -2.49. The topological polar surface area (TPSA) is 23.6 Å². The molecule has 0 saturated carbocycles. The Balaban J connectivity index is 1.32. The van der Waals surface area contributed by atoms with Crippen LogP contribution >= 0.6 is 0 Å². The van der Waals surface area contributed by atoms with E-state index in [1.54, 1.807) is 0 Å². The van der Waals surface area contributed by atoms with Gasteiger partial charge in [-0.05, 0) is 22.4 Å². The summed E-state index contributed by atoms with van der Waals surface area (Å²) < 4.78 is 0. The second-order valence-corrected chi connectivity index (χ2v) is 7.02. The van der Waals surface area contributed by atoms with Crippen LogP contribution in [-0.2, 0) is 6.54 Å². The molecule has 1 aliphatic heterocycles. The molecular formula is C23H24N2O. The highest BCUT2D eigenvalue weighted by molar-refractivity contribution is 6.01. The fourth-order valence-electron chi connectivity index (χ4n) is 3.60. The van der Waals surface area contributed by atoms with Gasteiger partial charge in [0.1, 0.15) is 0 Å². The molecule has 0 aromatic heterocycles. The van der Waals surface area contributed by atoms with Gasteiger partial charge in [-0.2, -0.15) is 0 Å². The van der Waals surface area contributed by atoms with Gasteiger partial charge < -0.3 is 0 Å². The van der Waals surface area contributed by atoms with Crippen LogP contribution in [0.4, 0.5) is 0 Å². The summed E-state index contributed by atoms with van der Waals surface area (Å²) in [5, 5.41) is 2.31. The van der Waals surface area contributed by atoms with Gasteiger partial charge in [0.25, 0.3) is 0 Å². The third kappa shape index (κ3) is 4.01. The highest BCUT2D eigenvalue weighted by Gasteiger charge is 2.19. The van der Waals surface area contributed by atoms with E-state index in [9.17, 15) is 4.79 Å². The number of benzene rings is 3. The fourth-order valence-corrected chi connectivity index (χ4v) is 3.60. The number of rotatable bonds is 5. The zero-order valence-electron chi connectivity index (χ0n) is 15.0. The van der Waals surface area contributed by atoms with Gasteiger partial charge in [0.2, 0.25) is 0 Å². The molecule has 3 nitrogen and oxygen atoms in total. The maximum atomic E-state index is 12.7. The average Bonchev–Trinajstić information content (AvgIpc) is 2.70. The predicted octanol–water partition coefficient (Wildman–Crippen LogP) is 3.84. The first kappa shape index (κ1) is 17.0. The van der Waals surface area contributed by atoms with Crippen molar-refractivity contribution < 1.29 is 4.79 Å². The third-order valence-electron chi connectivity index (χ3n) is 5.15. The van der Waals surface area contributed by atoms with Crippen LogP contribution in [0.3, 0.4) is 0 Å². The minimum Gasteiger partial charge on any atom is -0.297 e. The molecule has 1 fully saturated rings. The van der Waals surface area contributed by atoms with E-state index in [1.165, 1.54) is 10.9 Å². The van der Waals surface area contributed by atoms with E-state index in [4.69, 9.17) is 0 Å². The Bertz CT molecular complexity index is 883. The number of piperazine rings is 1. The minimum atomic E-state index is 0.215. The van der Waals surface area contributed by atoms with Crippen LogP contribution < -0.4 is 0 Å². The molecule has 3 heteroatoms. The zero-order valence-corrected chi connectivity index (χ0v) is 15.0. The highest BCUT2D eigenvalue weighted by atomic mass is 16.1. The van der Waals surface area contributed by atoms with Gasteiger partial charge in [0.15, 0.2) is 5.78 Å². The number of carbonyl (C=O) groups is 1. The van der Waals surface area contributed by atoms with Crippen molar-refractivity contribution >= 4 is 16.6 Å². The van der Waals surface area contributed by atoms with E-state index in [1.807, 2.05) is 30.3 Å². The lowest BCUT2D eigenvalue weighted by atomic mass is 10.0. The Morgan fingerprint density at radius 2 is 1.38 bits per heavy atom. The van der Waals surface area contributed by atoms with Crippen LogP contribution in [0, 0.1) is 0 Å². The van der Waals surface area contributed by atoms with Crippen molar-refractivity contribution in [2.75, 3.05) is 32.7 Å². The molecule has 1 aliphatic rings. The summed E-state index contributed by atoms with van der Waals surface area (Å²) in [7, 11) is 0. The lowest BCUT2D eigenvalue weighted by molar-refractivity contribution is 0.0844. The average molecular weight is 344 g/mol. The van der Waals surface area contributed by atoms with E-state index >= 15 is 0 Å². The number of hydrogen-bond donors (Lipinski definition) is 0. The van der Waals surface area contributed by atoms with Crippen molar-refractivity contribution in [1.82, 2.24) is 9.80 Å². The Labute approximate surface area is 154 Å². The standard InChI is InChI=1S/C23H24N2O/c26-23(22-11-10-20-8-4-5-9-21(20)16-22)18-25-14-12-24(13-15-25)17-19-6-2-1-3-7-19/h1-11,16H,12-15,17-18H2. The number of fused-ring (bicyclic) bond motifs is 1. The van der Waals surface area contributed by atoms with Gasteiger partial charge >= 0.3 is 0 Å². The molecule has 0 bridgehead atoms. The summed E-state index contributed by atoms with van der Waals surface area (Å²) in [6, 6.07) is 24.8. The minimum absolute atomic E-state index is 0.215. The summed E-state index contributed by atoms with van der Waals surface area (Å²) >= 11 is 0. The molecule has 0 atom stereocenters. The van der Waals surface area contributed by atoms with Gasteiger partial charge in [-0.1, -0.05) is 66.7 Å². The molecule has 0 N–H and O–H groups in total. The highest BCUT2D eigenvalue weighted by Crippen LogP contribution is 2.17. The van der Waals surface area contributed by atoms with Crippen LogP contribution in [0.25, 0.3) is 10.8 Å². The van der Waals surface area contributed by atoms with Crippen LogP contribution in [0.15, 0.2) is 72.8 Å². The first-order valence-electron chi connectivity index (χ1n) is 9.28. The quantitative estimate of drug-likeness (QED) is 0.657. The van der Waals surface area contributed by atoms with Crippen molar-refractivity contribution in [2.24, 2.45) is 0 Å². The van der Waals surface area contributed by atoms with Gasteiger partial charge in [-0.15, -0.1) is 0 Å². The largest absolute Gasteiger partial charge is 0.297 e. The number of nitrogens with zero attached hydrogens (tertiary/aromatic N) is 2. The lowest BCUT2D eigenvalue weighted by Crippen LogP contribution is -2.47. The Kier molecular flexibility index (Phi) is 5.09. The van der Waals surface area contributed by atoms with Crippen molar-refractivity contribution in [3.05, 3.63) is 83.9 Å². The fraction of sp³-hybridized carbons (Fsp3) is 0.261. The monoisotopic (exact) mass is 344 g/mol. The lowest BCUT2D eigenvalue weighted by Gasteiger charge is -2.34. The zero-order chi connectivity index (χ0) is 17.8. The molecule has 0 radical (unpaired) electrons. The second-order valence-electron chi connectivity index (χ2n) is 7.02. The third-order valence-corrected chi connectivity index (χ3v) is 5.15. The van der Waals surface area contributed by atoms with E-state index in [-0.39, 0.29) is 5.78 Å². The first-order chi connectivity index (χ1) is 12.8. The summed E-state index contributed by atoms with van der Waals surface area (Å²) in [6.45, 7) is 5.43. The molecule has 4 rings (SSSR count). The molecular weight excluding hydrogens is 320 g/mol. The Morgan fingerprint density at radius 3 is 2.15 bits per heavy atom. The predicted molar refractivity (Wildman–Crippen MR) is 106 cm³/mol. The van der Waals surface area contributed by atoms with E-state index in [0.717, 1.165) is 43.7 Å². The van der Waals surface area contributed by atoms with Gasteiger partial charge in [-0.3, -0.25) is 14.6 Å². The maximum Gasteiger partial charge on any atom is 0.176 e. The summed E-state index contributed by atoms with van der Waals surface area (Å²) in [6.07, 6.45) is 0. The van der Waals surface area contributed by atoms with Crippen LogP contribution in [0.2, 0.25) is 0 Å².